The van der Waals surface area contributed by atoms with Gasteiger partial charge in [0.05, 0.1) is 6.61 Å². The van der Waals surface area contributed by atoms with E-state index in [2.05, 4.69) is 83.1 Å². The van der Waals surface area contributed by atoms with Gasteiger partial charge in [0.25, 0.3) is 34.4 Å². The molecule has 0 atom stereocenters. The Morgan fingerprint density at radius 1 is 0.308 bits per heavy atom. The third kappa shape index (κ3) is 14.7. The first-order valence-corrected chi connectivity index (χ1v) is 36.8. The molecule has 2 spiro atoms. The number of ether oxygens (including phenoxy) is 1. The standard InChI is InChI=1S/C23H13NO2.C15H11NO2.C14H11NO.C12H19NO.C11H17NO.C9H15NO.C6H9NO2/c1-24-22(25)17-10-8-15-13-6-2-4-12-5-3-7-14(19(12)13)16-9-11-18(23(24)26)21(17)20(15)16;1-16-14(17)12-8-4-2-6-10(12)11-7-3-5-9-13(11)15(16)18;1-9-11-7-3-5-10-6-4-8-12(13(10)11)14(16)15(9)2;1-10-8-12(6-4-3-5-7-12)9-11(14)13(10)2;1-9-7-11(5-3-4-6-11)8-10(13)12(9)2;1-7-5-9(2,3)6-8(11)10(7)4;1-5-3-9-4-6(8)7(5)2/h2-11H,1H3;2-9H,1H3;3-8H,1H2,2H3;1,3-9H2,2H3;1,3-8H2,2H3;1,5-6H2,2-4H3;1,3-4H2,2H3. The number of piperidine rings is 3. The number of benzene rings is 9. The Kier molecular flexibility index (Phi) is 21.4. The largest absolute Gasteiger partial charge is 0.365 e. The number of fused-ring (bicyclic) bond motifs is 5. The van der Waals surface area contributed by atoms with Crippen LogP contribution in [-0.4, -0.2) is 118 Å². The molecule has 17 nitrogen and oxygen atoms in total. The van der Waals surface area contributed by atoms with Gasteiger partial charge in [0.15, 0.2) is 0 Å². The second kappa shape index (κ2) is 30.4. The lowest BCUT2D eigenvalue weighted by molar-refractivity contribution is -0.137. The molecule has 4 saturated heterocycles. The van der Waals surface area contributed by atoms with E-state index in [0.29, 0.717) is 45.8 Å². The summed E-state index contributed by atoms with van der Waals surface area (Å²) in [4.78, 5) is 115. The minimum absolute atomic E-state index is 0.0220. The molecule has 0 unspecified atom stereocenters. The van der Waals surface area contributed by atoms with E-state index in [-0.39, 0.29) is 64.1 Å². The third-order valence-corrected chi connectivity index (χ3v) is 23.1. The molecule has 0 N–H and O–H groups in total. The summed E-state index contributed by atoms with van der Waals surface area (Å²) in [5.41, 5.74) is 5.12. The fourth-order valence-electron chi connectivity index (χ4n) is 16.7. The number of likely N-dealkylation sites (N-methyl/N-ethyl adjacent to an activating group) is 1. The van der Waals surface area contributed by atoms with Gasteiger partial charge in [0.1, 0.15) is 6.61 Å². The molecule has 5 aliphatic heterocycles. The minimum Gasteiger partial charge on any atom is -0.365 e. The average molecular weight is 1430 g/mol. The lowest BCUT2D eigenvalue weighted by atomic mass is 9.67. The molecule has 6 amide bonds. The molecule has 9 aromatic carbocycles. The summed E-state index contributed by atoms with van der Waals surface area (Å²) in [6.07, 6.45) is 16.6. The normalized spacial score (nSPS) is 18.1. The highest BCUT2D eigenvalue weighted by Crippen LogP contribution is 2.50. The summed E-state index contributed by atoms with van der Waals surface area (Å²) in [5, 5.41) is 16.2. The second-order valence-corrected chi connectivity index (χ2v) is 30.8. The van der Waals surface area contributed by atoms with Crippen LogP contribution in [-0.2, 0) is 38.0 Å². The highest BCUT2D eigenvalue weighted by atomic mass is 16.5. The third-order valence-electron chi connectivity index (χ3n) is 23.1. The number of carbonyl (C=O) groups excluding carboxylic acids is 6. The van der Waals surface area contributed by atoms with Crippen LogP contribution in [0.5, 0.6) is 0 Å². The lowest BCUT2D eigenvalue weighted by Gasteiger charge is -2.43. The van der Waals surface area contributed by atoms with Crippen molar-refractivity contribution >= 4 is 128 Å². The van der Waals surface area contributed by atoms with Gasteiger partial charge >= 0.3 is 0 Å². The number of pyridine rings is 1. The summed E-state index contributed by atoms with van der Waals surface area (Å²) in [6.45, 7) is 24.3. The number of imide groups is 1. The van der Waals surface area contributed by atoms with E-state index in [0.717, 1.165) is 125 Å². The highest BCUT2D eigenvalue weighted by molar-refractivity contribution is 6.38. The molecule has 2 aliphatic carbocycles. The van der Waals surface area contributed by atoms with Crippen molar-refractivity contribution < 1.29 is 33.5 Å². The number of carbonyl (C=O) groups is 6. The molecule has 7 aliphatic rings. The number of rotatable bonds is 0. The molecule has 18 rings (SSSR count). The number of hydrogen-bond donors (Lipinski definition) is 0. The highest BCUT2D eigenvalue weighted by Gasteiger charge is 2.42. The van der Waals surface area contributed by atoms with E-state index >= 15 is 0 Å². The van der Waals surface area contributed by atoms with Gasteiger partial charge in [0, 0.05) is 140 Å². The van der Waals surface area contributed by atoms with Gasteiger partial charge in [-0.1, -0.05) is 194 Å². The van der Waals surface area contributed by atoms with Crippen LogP contribution in [0.15, 0.2) is 209 Å². The first-order chi connectivity index (χ1) is 51.0. The summed E-state index contributed by atoms with van der Waals surface area (Å²) in [7, 11) is 12.0. The van der Waals surface area contributed by atoms with Crippen molar-refractivity contribution in [2.24, 2.45) is 30.3 Å². The Labute approximate surface area is 623 Å². The van der Waals surface area contributed by atoms with Crippen molar-refractivity contribution in [3.63, 3.8) is 0 Å². The zero-order valence-corrected chi connectivity index (χ0v) is 63.1. The predicted molar refractivity (Wildman–Crippen MR) is 431 cm³/mol. The SMILES string of the molecule is C=C1CC(C)(C)CC(=O)N1C.C=C1CC2(CCCC2)CC(=O)N1C.C=C1CC2(CCCCC2)CC(=O)N1C.C=C1COCC(=O)N1C.C=c1c2cccc3cccc(c(=O)n1C)c32.CN1C(=O)c2ccc3c4cccc5cccc(c6ccc(c2c36)C1=O)c54.Cn1c(=O)c2ccccc2c2ccccc2c1=O. The smallest absolute Gasteiger partial charge is 0.261 e. The van der Waals surface area contributed by atoms with E-state index in [9.17, 15) is 43.2 Å². The molecular formula is C90H95N7O10. The molecule has 17 heteroatoms. The fourth-order valence-corrected chi connectivity index (χ4v) is 16.7. The van der Waals surface area contributed by atoms with Crippen LogP contribution < -0.4 is 22.0 Å². The Morgan fingerprint density at radius 3 is 1.10 bits per heavy atom. The predicted octanol–water partition coefficient (Wildman–Crippen LogP) is 15.6. The monoisotopic (exact) mass is 1430 g/mol. The number of nitrogens with zero attached hydrogens (tertiary/aromatic N) is 7. The van der Waals surface area contributed by atoms with E-state index in [1.165, 1.54) is 90.0 Å². The molecule has 7 heterocycles. The van der Waals surface area contributed by atoms with Crippen molar-refractivity contribution in [1.29, 1.82) is 0 Å². The van der Waals surface area contributed by atoms with Gasteiger partial charge in [-0.25, -0.2) is 0 Å². The molecule has 6 fully saturated rings. The Bertz CT molecular complexity index is 5440. The van der Waals surface area contributed by atoms with E-state index in [1.54, 1.807) is 59.6 Å². The van der Waals surface area contributed by atoms with Gasteiger partial charge in [-0.2, -0.15) is 0 Å². The number of aromatic nitrogens is 2. The topological polar surface area (TPSA) is 189 Å². The van der Waals surface area contributed by atoms with Crippen molar-refractivity contribution in [2.75, 3.05) is 48.5 Å². The number of amides is 6. The molecule has 11 aromatic rings. The van der Waals surface area contributed by atoms with Crippen LogP contribution in [0.3, 0.4) is 0 Å². The Balaban J connectivity index is 0.000000120. The summed E-state index contributed by atoms with van der Waals surface area (Å²) >= 11 is 0. The second-order valence-electron chi connectivity index (χ2n) is 30.8. The first kappa shape index (κ1) is 75.5. The summed E-state index contributed by atoms with van der Waals surface area (Å²) < 4.78 is 7.65. The van der Waals surface area contributed by atoms with Gasteiger partial charge in [-0.15, -0.1) is 0 Å². The average Bonchev–Trinajstić information content (AvgIpc) is 1.07. The summed E-state index contributed by atoms with van der Waals surface area (Å²) in [5.74, 6) is 0.227. The molecule has 2 saturated carbocycles. The molecule has 0 bridgehead atoms. The van der Waals surface area contributed by atoms with Crippen molar-refractivity contribution in [3.05, 3.63) is 242 Å². The number of allylic oxidation sites excluding steroid dienone is 3. The van der Waals surface area contributed by atoms with Crippen LogP contribution in [0.25, 0.3) is 92.8 Å². The lowest BCUT2D eigenvalue weighted by Crippen LogP contribution is -2.41. The van der Waals surface area contributed by atoms with Crippen molar-refractivity contribution in [1.82, 2.24) is 33.6 Å². The summed E-state index contributed by atoms with van der Waals surface area (Å²) in [6, 6.07) is 46.9. The van der Waals surface area contributed by atoms with Crippen LogP contribution in [0.1, 0.15) is 131 Å². The number of hydrogen-bond acceptors (Lipinski definition) is 10. The van der Waals surface area contributed by atoms with Gasteiger partial charge in [-0.3, -0.25) is 52.6 Å². The fraction of sp³-hybridized carbons (Fsp3) is 0.322. The molecule has 2 aromatic heterocycles. The maximum absolute atomic E-state index is 12.7. The number of likely N-dealkylation sites (tertiary alicyclic amines) is 3. The maximum atomic E-state index is 12.7. The zero-order chi connectivity index (χ0) is 76.7. The first-order valence-electron chi connectivity index (χ1n) is 36.8. The van der Waals surface area contributed by atoms with Crippen LogP contribution >= 0.6 is 0 Å². The molecular weight excluding hydrogens is 1340 g/mol. The van der Waals surface area contributed by atoms with Crippen molar-refractivity contribution in [2.45, 2.75) is 110 Å². The van der Waals surface area contributed by atoms with Crippen LogP contribution in [0.4, 0.5) is 0 Å². The quantitative estimate of drug-likeness (QED) is 0.0802. The molecule has 0 radical (unpaired) electrons. The Hall–Kier alpha value is -11.2. The van der Waals surface area contributed by atoms with E-state index in [4.69, 9.17) is 4.74 Å². The van der Waals surface area contributed by atoms with Crippen molar-refractivity contribution in [3.8, 4) is 0 Å². The molecule has 550 valence electrons. The minimum atomic E-state index is -0.258. The van der Waals surface area contributed by atoms with E-state index in [1.807, 2.05) is 111 Å². The Morgan fingerprint density at radius 2 is 0.673 bits per heavy atom. The van der Waals surface area contributed by atoms with Gasteiger partial charge in [0.2, 0.25) is 17.7 Å². The van der Waals surface area contributed by atoms with Crippen LogP contribution in [0, 0.1) is 16.2 Å². The van der Waals surface area contributed by atoms with E-state index < -0.39 is 0 Å². The van der Waals surface area contributed by atoms with Crippen LogP contribution in [0.2, 0.25) is 0 Å². The maximum Gasteiger partial charge on any atom is 0.261 e. The molecule has 107 heavy (non-hydrogen) atoms. The number of morpholine rings is 1. The van der Waals surface area contributed by atoms with Gasteiger partial charge in [-0.05, 0) is 145 Å². The van der Waals surface area contributed by atoms with Gasteiger partial charge < -0.3 is 28.9 Å². The zero-order valence-electron chi connectivity index (χ0n) is 63.1.